The second kappa shape index (κ2) is 9.52. The molecule has 0 unspecified atom stereocenters. The quantitative estimate of drug-likeness (QED) is 0.676. The zero-order chi connectivity index (χ0) is 15.7. The SMILES string of the molecule is CC(C)=CC(=O)N(CCCN1CCOCC1)CCC(=O)O. The second-order valence-electron chi connectivity index (χ2n) is 5.50. The van der Waals surface area contributed by atoms with Crippen molar-refractivity contribution in [1.29, 1.82) is 0 Å². The van der Waals surface area contributed by atoms with E-state index in [1.807, 2.05) is 13.8 Å². The van der Waals surface area contributed by atoms with E-state index in [4.69, 9.17) is 9.84 Å². The van der Waals surface area contributed by atoms with Crippen molar-refractivity contribution in [2.75, 3.05) is 45.9 Å². The van der Waals surface area contributed by atoms with Crippen LogP contribution in [0.15, 0.2) is 11.6 Å². The Morgan fingerprint density at radius 3 is 2.48 bits per heavy atom. The minimum atomic E-state index is -0.877. The summed E-state index contributed by atoms with van der Waals surface area (Å²) in [7, 11) is 0. The molecule has 1 aliphatic rings. The number of allylic oxidation sites excluding steroid dienone is 1. The molecule has 0 saturated carbocycles. The topological polar surface area (TPSA) is 70.1 Å². The van der Waals surface area contributed by atoms with Gasteiger partial charge in [0.2, 0.25) is 5.91 Å². The van der Waals surface area contributed by atoms with Crippen LogP contribution < -0.4 is 0 Å². The highest BCUT2D eigenvalue weighted by Crippen LogP contribution is 2.03. The van der Waals surface area contributed by atoms with Gasteiger partial charge in [0.25, 0.3) is 0 Å². The summed E-state index contributed by atoms with van der Waals surface area (Å²) >= 11 is 0. The molecule has 6 heteroatoms. The minimum absolute atomic E-state index is 0.0140. The van der Waals surface area contributed by atoms with Crippen LogP contribution in [0.25, 0.3) is 0 Å². The van der Waals surface area contributed by atoms with Crippen molar-refractivity contribution in [1.82, 2.24) is 9.80 Å². The second-order valence-corrected chi connectivity index (χ2v) is 5.50. The van der Waals surface area contributed by atoms with E-state index in [0.717, 1.165) is 44.8 Å². The van der Waals surface area contributed by atoms with Gasteiger partial charge in [-0.2, -0.15) is 0 Å². The Kier molecular flexibility index (Phi) is 8.00. The molecule has 0 spiro atoms. The fourth-order valence-corrected chi connectivity index (χ4v) is 2.21. The first-order chi connectivity index (χ1) is 9.99. The summed E-state index contributed by atoms with van der Waals surface area (Å²) in [5, 5.41) is 8.78. The number of aliphatic carboxylic acids is 1. The molecule has 0 aliphatic carbocycles. The van der Waals surface area contributed by atoms with E-state index in [-0.39, 0.29) is 18.9 Å². The van der Waals surface area contributed by atoms with Crippen molar-refractivity contribution in [2.24, 2.45) is 0 Å². The lowest BCUT2D eigenvalue weighted by Crippen LogP contribution is -2.39. The molecule has 1 rings (SSSR count). The van der Waals surface area contributed by atoms with Crippen molar-refractivity contribution in [3.05, 3.63) is 11.6 Å². The summed E-state index contributed by atoms with van der Waals surface area (Å²) in [6.45, 7) is 8.87. The van der Waals surface area contributed by atoms with Gasteiger partial charge in [-0.05, 0) is 20.3 Å². The van der Waals surface area contributed by atoms with E-state index in [1.165, 1.54) is 0 Å². The fourth-order valence-electron chi connectivity index (χ4n) is 2.21. The number of hydrogen-bond acceptors (Lipinski definition) is 4. The van der Waals surface area contributed by atoms with Gasteiger partial charge in [0.1, 0.15) is 0 Å². The summed E-state index contributed by atoms with van der Waals surface area (Å²) < 4.78 is 5.29. The summed E-state index contributed by atoms with van der Waals surface area (Å²) in [4.78, 5) is 26.7. The molecule has 21 heavy (non-hydrogen) atoms. The molecule has 0 atom stereocenters. The largest absolute Gasteiger partial charge is 0.481 e. The standard InChI is InChI=1S/C15H26N2O4/c1-13(2)12-14(18)17(7-4-15(19)20)6-3-5-16-8-10-21-11-9-16/h12H,3-11H2,1-2H3,(H,19,20). The zero-order valence-electron chi connectivity index (χ0n) is 13.0. The highest BCUT2D eigenvalue weighted by atomic mass is 16.5. The number of nitrogens with zero attached hydrogens (tertiary/aromatic N) is 2. The maximum absolute atomic E-state index is 12.1. The summed E-state index contributed by atoms with van der Waals surface area (Å²) in [6.07, 6.45) is 2.40. The zero-order valence-corrected chi connectivity index (χ0v) is 13.0. The predicted molar refractivity (Wildman–Crippen MR) is 80.1 cm³/mol. The van der Waals surface area contributed by atoms with Crippen LogP contribution >= 0.6 is 0 Å². The summed E-state index contributed by atoms with van der Waals surface area (Å²) in [6, 6.07) is 0. The monoisotopic (exact) mass is 298 g/mol. The van der Waals surface area contributed by atoms with E-state index in [2.05, 4.69) is 4.90 Å². The molecular weight excluding hydrogens is 272 g/mol. The first-order valence-corrected chi connectivity index (χ1v) is 7.44. The molecule has 1 fully saturated rings. The predicted octanol–water partition coefficient (Wildman–Crippen LogP) is 0.978. The highest BCUT2D eigenvalue weighted by molar-refractivity contribution is 5.88. The van der Waals surface area contributed by atoms with Gasteiger partial charge in [-0.3, -0.25) is 14.5 Å². The number of ether oxygens (including phenoxy) is 1. The van der Waals surface area contributed by atoms with E-state index in [1.54, 1.807) is 11.0 Å². The molecule has 1 amide bonds. The minimum Gasteiger partial charge on any atom is -0.481 e. The molecule has 1 N–H and O–H groups in total. The fraction of sp³-hybridized carbons (Fsp3) is 0.733. The number of carbonyl (C=O) groups is 2. The van der Waals surface area contributed by atoms with E-state index in [0.29, 0.717) is 6.54 Å². The number of morpholine rings is 1. The number of hydrogen-bond donors (Lipinski definition) is 1. The Labute approximate surface area is 126 Å². The van der Waals surface area contributed by atoms with Crippen LogP contribution in [-0.2, 0) is 14.3 Å². The van der Waals surface area contributed by atoms with Crippen LogP contribution in [0.2, 0.25) is 0 Å². The van der Waals surface area contributed by atoms with Gasteiger partial charge in [-0.1, -0.05) is 5.57 Å². The molecule has 0 bridgehead atoms. The van der Waals surface area contributed by atoms with Gasteiger partial charge in [0, 0.05) is 38.8 Å². The molecule has 0 aromatic carbocycles. The van der Waals surface area contributed by atoms with Gasteiger partial charge in [0.05, 0.1) is 19.6 Å². The Morgan fingerprint density at radius 2 is 1.90 bits per heavy atom. The van der Waals surface area contributed by atoms with E-state index < -0.39 is 5.97 Å². The van der Waals surface area contributed by atoms with Gasteiger partial charge < -0.3 is 14.7 Å². The summed E-state index contributed by atoms with van der Waals surface area (Å²) in [5.74, 6) is -0.976. The van der Waals surface area contributed by atoms with Crippen molar-refractivity contribution in [2.45, 2.75) is 26.7 Å². The molecule has 0 radical (unpaired) electrons. The Morgan fingerprint density at radius 1 is 1.24 bits per heavy atom. The Balaban J connectivity index is 2.41. The number of carbonyl (C=O) groups excluding carboxylic acids is 1. The smallest absolute Gasteiger partial charge is 0.305 e. The lowest BCUT2D eigenvalue weighted by atomic mass is 10.2. The van der Waals surface area contributed by atoms with Crippen LogP contribution in [0.5, 0.6) is 0 Å². The molecule has 1 aliphatic heterocycles. The van der Waals surface area contributed by atoms with Crippen LogP contribution in [-0.4, -0.2) is 72.7 Å². The molecule has 0 aromatic rings. The number of carboxylic acids is 1. The van der Waals surface area contributed by atoms with Crippen molar-refractivity contribution in [3.8, 4) is 0 Å². The first kappa shape index (κ1) is 17.7. The van der Waals surface area contributed by atoms with E-state index in [9.17, 15) is 9.59 Å². The van der Waals surface area contributed by atoms with Crippen LogP contribution in [0.4, 0.5) is 0 Å². The third kappa shape index (κ3) is 7.82. The number of rotatable bonds is 8. The van der Waals surface area contributed by atoms with E-state index >= 15 is 0 Å². The molecule has 6 nitrogen and oxygen atoms in total. The van der Waals surface area contributed by atoms with Crippen LogP contribution in [0, 0.1) is 0 Å². The van der Waals surface area contributed by atoms with Gasteiger partial charge in [0.15, 0.2) is 0 Å². The Bertz CT molecular complexity index is 372. The van der Waals surface area contributed by atoms with Gasteiger partial charge >= 0.3 is 5.97 Å². The maximum atomic E-state index is 12.1. The van der Waals surface area contributed by atoms with Crippen molar-refractivity contribution < 1.29 is 19.4 Å². The van der Waals surface area contributed by atoms with Gasteiger partial charge in [-0.15, -0.1) is 0 Å². The third-order valence-electron chi connectivity index (χ3n) is 3.33. The average molecular weight is 298 g/mol. The highest BCUT2D eigenvalue weighted by Gasteiger charge is 2.14. The first-order valence-electron chi connectivity index (χ1n) is 7.44. The van der Waals surface area contributed by atoms with Crippen LogP contribution in [0.3, 0.4) is 0 Å². The Hall–Kier alpha value is -1.40. The maximum Gasteiger partial charge on any atom is 0.305 e. The normalized spacial score (nSPS) is 15.5. The van der Waals surface area contributed by atoms with Crippen LogP contribution in [0.1, 0.15) is 26.7 Å². The average Bonchev–Trinajstić information content (AvgIpc) is 2.42. The van der Waals surface area contributed by atoms with Crippen molar-refractivity contribution in [3.63, 3.8) is 0 Å². The lowest BCUT2D eigenvalue weighted by molar-refractivity contribution is -0.138. The van der Waals surface area contributed by atoms with Gasteiger partial charge in [-0.25, -0.2) is 0 Å². The number of amides is 1. The molecule has 120 valence electrons. The van der Waals surface area contributed by atoms with Crippen molar-refractivity contribution >= 4 is 11.9 Å². The molecule has 0 aromatic heterocycles. The summed E-state index contributed by atoms with van der Waals surface area (Å²) in [5.41, 5.74) is 0.925. The number of carboxylic acid groups (broad SMARTS) is 1. The third-order valence-corrected chi connectivity index (χ3v) is 3.33. The molecular formula is C15H26N2O4. The lowest BCUT2D eigenvalue weighted by Gasteiger charge is -2.28. The molecule has 1 saturated heterocycles. The molecule has 1 heterocycles.